The van der Waals surface area contributed by atoms with Crippen molar-refractivity contribution in [2.75, 3.05) is 19.6 Å². The van der Waals surface area contributed by atoms with E-state index in [-0.39, 0.29) is 0 Å². The van der Waals surface area contributed by atoms with Crippen molar-refractivity contribution < 1.29 is 4.79 Å². The lowest BCUT2D eigenvalue weighted by Gasteiger charge is -2.33. The predicted octanol–water partition coefficient (Wildman–Crippen LogP) is 0.555. The Hall–Kier alpha value is -0.810. The number of carbonyl (C=O) groups excluding carboxylic acids is 1. The van der Waals surface area contributed by atoms with Crippen LogP contribution in [0.5, 0.6) is 0 Å². The van der Waals surface area contributed by atoms with Crippen molar-refractivity contribution in [3.05, 3.63) is 0 Å². The third kappa shape index (κ3) is 3.85. The third-order valence-corrected chi connectivity index (χ3v) is 4.27. The fourth-order valence-electron chi connectivity index (χ4n) is 3.41. The zero-order chi connectivity index (χ0) is 12.8. The Bertz CT molecular complexity index is 266. The van der Waals surface area contributed by atoms with Gasteiger partial charge in [0, 0.05) is 25.2 Å². The second-order valence-corrected chi connectivity index (χ2v) is 5.50. The van der Waals surface area contributed by atoms with Crippen LogP contribution in [0, 0.1) is 5.92 Å². The van der Waals surface area contributed by atoms with Crippen molar-refractivity contribution in [2.24, 2.45) is 11.7 Å². The average molecular weight is 254 g/mol. The Labute approximate surface area is 109 Å². The standard InChI is InChI=1S/C13H26N4O/c14-13(18)17-9-8-16-12-6-3-4-10(12)11-5-1-2-7-15-11/h10-12,15-16H,1-9H2,(H3,14,17,18). The number of nitrogens with one attached hydrogen (secondary N) is 3. The zero-order valence-electron chi connectivity index (χ0n) is 11.1. The molecule has 0 spiro atoms. The summed E-state index contributed by atoms with van der Waals surface area (Å²) in [4.78, 5) is 10.6. The molecule has 3 unspecified atom stereocenters. The minimum atomic E-state index is -0.436. The van der Waals surface area contributed by atoms with E-state index in [9.17, 15) is 4.79 Å². The molecule has 1 heterocycles. The molecule has 18 heavy (non-hydrogen) atoms. The van der Waals surface area contributed by atoms with Gasteiger partial charge in [0.1, 0.15) is 0 Å². The van der Waals surface area contributed by atoms with E-state index in [0.717, 1.165) is 12.5 Å². The number of nitrogens with two attached hydrogens (primary N) is 1. The molecule has 0 radical (unpaired) electrons. The number of hydrogen-bond acceptors (Lipinski definition) is 3. The number of piperidine rings is 1. The summed E-state index contributed by atoms with van der Waals surface area (Å²) in [5.41, 5.74) is 5.04. The molecule has 0 aromatic carbocycles. The maximum atomic E-state index is 10.6. The number of hydrogen-bond donors (Lipinski definition) is 4. The van der Waals surface area contributed by atoms with Crippen LogP contribution >= 0.6 is 0 Å². The van der Waals surface area contributed by atoms with Crippen LogP contribution < -0.4 is 21.7 Å². The van der Waals surface area contributed by atoms with E-state index in [1.54, 1.807) is 0 Å². The normalized spacial score (nSPS) is 32.3. The highest BCUT2D eigenvalue weighted by Crippen LogP contribution is 2.31. The monoisotopic (exact) mass is 254 g/mol. The van der Waals surface area contributed by atoms with Gasteiger partial charge in [0.25, 0.3) is 0 Å². The summed E-state index contributed by atoms with van der Waals surface area (Å²) in [6.07, 6.45) is 7.93. The van der Waals surface area contributed by atoms with Crippen molar-refractivity contribution in [3.8, 4) is 0 Å². The van der Waals surface area contributed by atoms with Gasteiger partial charge >= 0.3 is 6.03 Å². The van der Waals surface area contributed by atoms with Crippen molar-refractivity contribution in [1.29, 1.82) is 0 Å². The van der Waals surface area contributed by atoms with Gasteiger partial charge in [-0.05, 0) is 38.1 Å². The van der Waals surface area contributed by atoms with Gasteiger partial charge in [-0.15, -0.1) is 0 Å². The molecule has 2 aliphatic rings. The molecular formula is C13H26N4O. The molecule has 1 aliphatic carbocycles. The largest absolute Gasteiger partial charge is 0.352 e. The quantitative estimate of drug-likeness (QED) is 0.541. The third-order valence-electron chi connectivity index (χ3n) is 4.27. The molecule has 5 heteroatoms. The van der Waals surface area contributed by atoms with E-state index in [0.29, 0.717) is 18.6 Å². The highest BCUT2D eigenvalue weighted by atomic mass is 16.2. The van der Waals surface area contributed by atoms with Crippen LogP contribution in [0.1, 0.15) is 38.5 Å². The minimum absolute atomic E-state index is 0.436. The minimum Gasteiger partial charge on any atom is -0.352 e. The van der Waals surface area contributed by atoms with Crippen LogP contribution in [-0.2, 0) is 0 Å². The lowest BCUT2D eigenvalue weighted by molar-refractivity contribution is 0.246. The fourth-order valence-corrected chi connectivity index (χ4v) is 3.41. The smallest absolute Gasteiger partial charge is 0.312 e. The second kappa shape index (κ2) is 6.95. The Morgan fingerprint density at radius 3 is 2.78 bits per heavy atom. The SMILES string of the molecule is NC(=O)NCCNC1CCCC1C1CCCCN1. The highest BCUT2D eigenvalue weighted by molar-refractivity contribution is 5.71. The van der Waals surface area contributed by atoms with Crippen molar-refractivity contribution in [3.63, 3.8) is 0 Å². The summed E-state index contributed by atoms with van der Waals surface area (Å²) in [7, 11) is 0. The van der Waals surface area contributed by atoms with E-state index in [1.165, 1.54) is 45.1 Å². The van der Waals surface area contributed by atoms with Gasteiger partial charge in [-0.3, -0.25) is 0 Å². The fraction of sp³-hybridized carbons (Fsp3) is 0.923. The summed E-state index contributed by atoms with van der Waals surface area (Å²) >= 11 is 0. The van der Waals surface area contributed by atoms with Gasteiger partial charge in [0.05, 0.1) is 0 Å². The van der Waals surface area contributed by atoms with Gasteiger partial charge in [0.15, 0.2) is 0 Å². The first-order valence-corrected chi connectivity index (χ1v) is 7.27. The molecule has 0 bridgehead atoms. The average Bonchev–Trinajstić information content (AvgIpc) is 2.84. The molecule has 1 saturated carbocycles. The summed E-state index contributed by atoms with van der Waals surface area (Å²) in [5.74, 6) is 0.763. The van der Waals surface area contributed by atoms with E-state index >= 15 is 0 Å². The van der Waals surface area contributed by atoms with Crippen LogP contribution in [0.15, 0.2) is 0 Å². The Kier molecular flexibility index (Phi) is 5.26. The van der Waals surface area contributed by atoms with Crippen LogP contribution in [0.3, 0.4) is 0 Å². The summed E-state index contributed by atoms with van der Waals surface area (Å²) in [5, 5.41) is 9.87. The van der Waals surface area contributed by atoms with Crippen LogP contribution in [-0.4, -0.2) is 37.7 Å². The van der Waals surface area contributed by atoms with E-state index in [4.69, 9.17) is 5.73 Å². The van der Waals surface area contributed by atoms with Crippen LogP contribution in [0.4, 0.5) is 4.79 Å². The number of urea groups is 1. The van der Waals surface area contributed by atoms with Crippen molar-refractivity contribution in [1.82, 2.24) is 16.0 Å². The molecule has 0 aromatic rings. The Morgan fingerprint density at radius 1 is 1.17 bits per heavy atom. The molecule has 1 aliphatic heterocycles. The molecule has 3 atom stereocenters. The second-order valence-electron chi connectivity index (χ2n) is 5.50. The van der Waals surface area contributed by atoms with Crippen LogP contribution in [0.2, 0.25) is 0 Å². The topological polar surface area (TPSA) is 79.2 Å². The molecule has 5 nitrogen and oxygen atoms in total. The first-order chi connectivity index (χ1) is 8.77. The molecule has 5 N–H and O–H groups in total. The summed E-state index contributed by atoms with van der Waals surface area (Å²) < 4.78 is 0. The zero-order valence-corrected chi connectivity index (χ0v) is 11.1. The van der Waals surface area contributed by atoms with Crippen molar-refractivity contribution in [2.45, 2.75) is 50.6 Å². The molecule has 2 amide bonds. The van der Waals surface area contributed by atoms with E-state index in [1.807, 2.05) is 0 Å². The first-order valence-electron chi connectivity index (χ1n) is 7.27. The van der Waals surface area contributed by atoms with Gasteiger partial charge in [-0.2, -0.15) is 0 Å². The maximum Gasteiger partial charge on any atom is 0.312 e. The molecule has 2 rings (SSSR count). The molecule has 0 aromatic heterocycles. The Morgan fingerprint density at radius 2 is 2.06 bits per heavy atom. The predicted molar refractivity (Wildman–Crippen MR) is 72.4 cm³/mol. The maximum absolute atomic E-state index is 10.6. The summed E-state index contributed by atoms with van der Waals surface area (Å²) in [6.45, 7) is 2.62. The van der Waals surface area contributed by atoms with Crippen molar-refractivity contribution >= 4 is 6.03 Å². The van der Waals surface area contributed by atoms with Gasteiger partial charge in [-0.25, -0.2) is 4.79 Å². The highest BCUT2D eigenvalue weighted by Gasteiger charge is 2.33. The first kappa shape index (κ1) is 13.6. The summed E-state index contributed by atoms with van der Waals surface area (Å²) in [6, 6.07) is 0.867. The lowest BCUT2D eigenvalue weighted by atomic mass is 9.88. The number of primary amides is 1. The molecule has 1 saturated heterocycles. The number of carbonyl (C=O) groups is 1. The van der Waals surface area contributed by atoms with E-state index in [2.05, 4.69) is 16.0 Å². The van der Waals surface area contributed by atoms with E-state index < -0.39 is 6.03 Å². The molecule has 104 valence electrons. The number of rotatable bonds is 5. The van der Waals surface area contributed by atoms with Gasteiger partial charge < -0.3 is 21.7 Å². The molecule has 2 fully saturated rings. The Balaban J connectivity index is 1.71. The molecular weight excluding hydrogens is 228 g/mol. The van der Waals surface area contributed by atoms with Crippen LogP contribution in [0.25, 0.3) is 0 Å². The van der Waals surface area contributed by atoms with Gasteiger partial charge in [0.2, 0.25) is 0 Å². The van der Waals surface area contributed by atoms with Gasteiger partial charge in [-0.1, -0.05) is 12.8 Å². The lowest BCUT2D eigenvalue weighted by Crippen LogP contribution is -2.48. The number of amides is 2.